The van der Waals surface area contributed by atoms with E-state index in [4.69, 9.17) is 27.6 Å². The molecule has 0 radical (unpaired) electrons. The molecule has 2 aliphatic rings. The molecule has 1 aliphatic heterocycles. The molecule has 1 aromatic heterocycles. The molecule has 0 bridgehead atoms. The van der Waals surface area contributed by atoms with Gasteiger partial charge in [-0.2, -0.15) is 0 Å². The van der Waals surface area contributed by atoms with E-state index in [1.165, 1.54) is 0 Å². The molecule has 0 spiro atoms. The number of benzene rings is 1. The van der Waals surface area contributed by atoms with Gasteiger partial charge in [0.2, 0.25) is 0 Å². The fourth-order valence-corrected chi connectivity index (χ4v) is 4.14. The van der Waals surface area contributed by atoms with Crippen molar-refractivity contribution in [3.63, 3.8) is 0 Å². The number of carbonyl (C=O) groups excluding carboxylic acids is 2. The predicted octanol–water partition coefficient (Wildman–Crippen LogP) is 5.19. The minimum absolute atomic E-state index is 0.0359. The van der Waals surface area contributed by atoms with Crippen molar-refractivity contribution in [2.45, 2.75) is 32.1 Å². The standard InChI is InChI=1S/C21H18Cl2N2O3/c1-11-18(21(27)25-15-10-12(22)7-8-13(15)23)20(17-6-3-9-28-17)19-14(24-11)4-2-5-16(19)26/h3,6-10,20,24H,2,4-5H2,1H3,(H,25,27). The Morgan fingerprint density at radius 3 is 2.82 bits per heavy atom. The number of carbonyl (C=O) groups is 2. The van der Waals surface area contributed by atoms with Crippen molar-refractivity contribution >= 4 is 40.6 Å². The van der Waals surface area contributed by atoms with Gasteiger partial charge in [0, 0.05) is 28.4 Å². The quantitative estimate of drug-likeness (QED) is 0.721. The number of Topliss-reactive ketones (excluding diaryl/α,β-unsaturated/α-hetero) is 1. The average molecular weight is 417 g/mol. The second-order valence-electron chi connectivity index (χ2n) is 6.86. The second kappa shape index (κ2) is 7.49. The van der Waals surface area contributed by atoms with Crippen LogP contribution in [0.3, 0.4) is 0 Å². The number of hydrogen-bond donors (Lipinski definition) is 2. The summed E-state index contributed by atoms with van der Waals surface area (Å²) in [5.74, 6) is -0.322. The van der Waals surface area contributed by atoms with Crippen molar-refractivity contribution in [1.29, 1.82) is 0 Å². The molecular formula is C21H18Cl2N2O3. The van der Waals surface area contributed by atoms with E-state index in [1.54, 1.807) is 36.6 Å². The van der Waals surface area contributed by atoms with Crippen LogP contribution in [0.1, 0.15) is 37.9 Å². The van der Waals surface area contributed by atoms with Crippen LogP contribution in [0.4, 0.5) is 5.69 Å². The summed E-state index contributed by atoms with van der Waals surface area (Å²) in [6, 6.07) is 8.40. The normalized spacial score (nSPS) is 19.4. The van der Waals surface area contributed by atoms with Crippen LogP contribution >= 0.6 is 23.2 Å². The van der Waals surface area contributed by atoms with E-state index in [-0.39, 0.29) is 11.7 Å². The Labute approximate surface area is 172 Å². The molecule has 28 heavy (non-hydrogen) atoms. The number of hydrogen-bond acceptors (Lipinski definition) is 4. The van der Waals surface area contributed by atoms with Crippen LogP contribution in [-0.4, -0.2) is 11.7 Å². The lowest BCUT2D eigenvalue weighted by molar-refractivity contribution is -0.116. The van der Waals surface area contributed by atoms with Gasteiger partial charge in [-0.15, -0.1) is 0 Å². The van der Waals surface area contributed by atoms with Gasteiger partial charge in [-0.3, -0.25) is 9.59 Å². The molecule has 2 aromatic rings. The molecular weight excluding hydrogens is 399 g/mol. The Morgan fingerprint density at radius 2 is 2.07 bits per heavy atom. The smallest absolute Gasteiger partial charge is 0.254 e. The Balaban J connectivity index is 1.76. The van der Waals surface area contributed by atoms with Crippen molar-refractivity contribution in [1.82, 2.24) is 5.32 Å². The number of rotatable bonds is 3. The molecule has 7 heteroatoms. The lowest BCUT2D eigenvalue weighted by Crippen LogP contribution is -2.35. The van der Waals surface area contributed by atoms with Crippen molar-refractivity contribution in [2.24, 2.45) is 0 Å². The number of allylic oxidation sites excluding steroid dienone is 3. The molecule has 2 N–H and O–H groups in total. The maximum atomic E-state index is 13.2. The minimum Gasteiger partial charge on any atom is -0.468 e. The first-order valence-corrected chi connectivity index (χ1v) is 9.75. The molecule has 2 heterocycles. The number of halogens is 2. The molecule has 0 saturated carbocycles. The number of nitrogens with one attached hydrogen (secondary N) is 2. The summed E-state index contributed by atoms with van der Waals surface area (Å²) in [5.41, 5.74) is 3.00. The van der Waals surface area contributed by atoms with Crippen LogP contribution in [0.15, 0.2) is 63.6 Å². The molecule has 4 rings (SSSR count). The van der Waals surface area contributed by atoms with Gasteiger partial charge >= 0.3 is 0 Å². The zero-order valence-electron chi connectivity index (χ0n) is 15.1. The maximum Gasteiger partial charge on any atom is 0.254 e. The Hall–Kier alpha value is -2.50. The van der Waals surface area contributed by atoms with Crippen LogP contribution in [-0.2, 0) is 9.59 Å². The number of dihydropyridines is 1. The lowest BCUT2D eigenvalue weighted by atomic mass is 9.77. The van der Waals surface area contributed by atoms with Crippen molar-refractivity contribution < 1.29 is 14.0 Å². The Bertz CT molecular complexity index is 1020. The molecule has 0 fully saturated rings. The first-order chi connectivity index (χ1) is 13.5. The topological polar surface area (TPSA) is 71.3 Å². The first kappa shape index (κ1) is 18.8. The van der Waals surface area contributed by atoms with Crippen LogP contribution in [0.5, 0.6) is 0 Å². The highest BCUT2D eigenvalue weighted by Gasteiger charge is 2.39. The summed E-state index contributed by atoms with van der Waals surface area (Å²) < 4.78 is 5.62. The molecule has 1 amide bonds. The zero-order chi connectivity index (χ0) is 19.8. The fraction of sp³-hybridized carbons (Fsp3) is 0.238. The highest BCUT2D eigenvalue weighted by Crippen LogP contribution is 2.42. The molecule has 1 aromatic carbocycles. The van der Waals surface area contributed by atoms with Crippen molar-refractivity contribution in [3.8, 4) is 0 Å². The van der Waals surface area contributed by atoms with Gasteiger partial charge in [-0.05, 0) is 50.1 Å². The Kier molecular flexibility index (Phi) is 5.04. The van der Waals surface area contributed by atoms with E-state index >= 15 is 0 Å². The summed E-state index contributed by atoms with van der Waals surface area (Å²) in [5, 5.41) is 6.92. The second-order valence-corrected chi connectivity index (χ2v) is 7.70. The van der Waals surface area contributed by atoms with Crippen LogP contribution in [0.25, 0.3) is 0 Å². The number of ketones is 1. The molecule has 1 aliphatic carbocycles. The summed E-state index contributed by atoms with van der Waals surface area (Å²) >= 11 is 12.2. The maximum absolute atomic E-state index is 13.2. The number of furan rings is 1. The molecule has 5 nitrogen and oxygen atoms in total. The summed E-state index contributed by atoms with van der Waals surface area (Å²) in [7, 11) is 0. The predicted molar refractivity (Wildman–Crippen MR) is 108 cm³/mol. The van der Waals surface area contributed by atoms with E-state index in [1.807, 2.05) is 6.92 Å². The minimum atomic E-state index is -0.558. The third kappa shape index (κ3) is 3.36. The largest absolute Gasteiger partial charge is 0.468 e. The van der Waals surface area contributed by atoms with Crippen molar-refractivity contribution in [3.05, 3.63) is 74.9 Å². The van der Waals surface area contributed by atoms with Crippen LogP contribution < -0.4 is 10.6 Å². The SMILES string of the molecule is CC1=C(C(=O)Nc2cc(Cl)ccc2Cl)C(c2ccco2)C2=C(CCCC2=O)N1. The first-order valence-electron chi connectivity index (χ1n) is 8.99. The fourth-order valence-electron chi connectivity index (χ4n) is 3.81. The van der Waals surface area contributed by atoms with E-state index in [2.05, 4.69) is 10.6 Å². The van der Waals surface area contributed by atoms with E-state index in [0.29, 0.717) is 44.8 Å². The van der Waals surface area contributed by atoms with Gasteiger partial charge in [-0.1, -0.05) is 23.2 Å². The van der Waals surface area contributed by atoms with E-state index < -0.39 is 5.92 Å². The molecule has 1 atom stereocenters. The van der Waals surface area contributed by atoms with Gasteiger partial charge in [0.05, 0.1) is 28.5 Å². The molecule has 0 saturated heterocycles. The van der Waals surface area contributed by atoms with Gasteiger partial charge in [0.25, 0.3) is 5.91 Å². The highest BCUT2D eigenvalue weighted by molar-refractivity contribution is 6.36. The number of anilines is 1. The van der Waals surface area contributed by atoms with E-state index in [9.17, 15) is 9.59 Å². The van der Waals surface area contributed by atoms with Crippen LogP contribution in [0, 0.1) is 0 Å². The van der Waals surface area contributed by atoms with Gasteiger partial charge in [0.15, 0.2) is 5.78 Å². The monoisotopic (exact) mass is 416 g/mol. The number of amides is 1. The molecule has 1 unspecified atom stereocenters. The lowest BCUT2D eigenvalue weighted by Gasteiger charge is -2.33. The third-order valence-corrected chi connectivity index (χ3v) is 5.59. The van der Waals surface area contributed by atoms with Gasteiger partial charge in [-0.25, -0.2) is 0 Å². The zero-order valence-corrected chi connectivity index (χ0v) is 16.7. The molecule has 144 valence electrons. The van der Waals surface area contributed by atoms with Crippen LogP contribution in [0.2, 0.25) is 10.0 Å². The van der Waals surface area contributed by atoms with Gasteiger partial charge < -0.3 is 15.1 Å². The summed E-state index contributed by atoms with van der Waals surface area (Å²) in [6.45, 7) is 1.83. The highest BCUT2D eigenvalue weighted by atomic mass is 35.5. The van der Waals surface area contributed by atoms with Crippen molar-refractivity contribution in [2.75, 3.05) is 5.32 Å². The third-order valence-electron chi connectivity index (χ3n) is 5.02. The van der Waals surface area contributed by atoms with Gasteiger partial charge in [0.1, 0.15) is 5.76 Å². The average Bonchev–Trinajstić information content (AvgIpc) is 3.18. The summed E-state index contributed by atoms with van der Waals surface area (Å²) in [4.78, 5) is 26.0. The summed E-state index contributed by atoms with van der Waals surface area (Å²) in [6.07, 6.45) is 3.57. The Morgan fingerprint density at radius 1 is 1.25 bits per heavy atom. The van der Waals surface area contributed by atoms with E-state index in [0.717, 1.165) is 18.5 Å².